The molecule has 0 saturated heterocycles. The molecule has 0 radical (unpaired) electrons. The minimum Gasteiger partial charge on any atom is -0.356 e. The Morgan fingerprint density at radius 1 is 1.03 bits per heavy atom. The molecule has 3 aromatic heterocycles. The van der Waals surface area contributed by atoms with Crippen LogP contribution >= 0.6 is 0 Å². The number of H-pyrrole nitrogens is 2. The highest BCUT2D eigenvalue weighted by atomic mass is 16.2. The summed E-state index contributed by atoms with van der Waals surface area (Å²) >= 11 is 0. The fraction of sp³-hybridized carbons (Fsp3) is 0.261. The van der Waals surface area contributed by atoms with Crippen molar-refractivity contribution in [2.24, 2.45) is 0 Å². The van der Waals surface area contributed by atoms with Crippen LogP contribution in [0.5, 0.6) is 0 Å². The topological polar surface area (TPSA) is 77.7 Å². The minimum atomic E-state index is -0.242. The van der Waals surface area contributed by atoms with Gasteiger partial charge in [0.25, 0.3) is 5.91 Å². The summed E-state index contributed by atoms with van der Waals surface area (Å²) in [5.74, 6) is -0.00985. The summed E-state index contributed by atoms with van der Waals surface area (Å²) in [7, 11) is 0. The molecule has 29 heavy (non-hydrogen) atoms. The number of nitrogens with zero attached hydrogens (tertiary/aromatic N) is 3. The maximum Gasteiger partial charge on any atom is 0.275 e. The van der Waals surface area contributed by atoms with Gasteiger partial charge in [0.1, 0.15) is 6.04 Å². The van der Waals surface area contributed by atoms with Crippen molar-refractivity contribution in [1.82, 2.24) is 25.1 Å². The molecule has 1 aliphatic carbocycles. The lowest BCUT2D eigenvalue weighted by Gasteiger charge is -2.35. The summed E-state index contributed by atoms with van der Waals surface area (Å²) < 4.78 is 0. The molecule has 1 aliphatic heterocycles. The molecular weight excluding hydrogens is 362 g/mol. The lowest BCUT2D eigenvalue weighted by Crippen LogP contribution is -2.41. The van der Waals surface area contributed by atoms with Gasteiger partial charge in [0.05, 0.1) is 5.69 Å². The van der Waals surface area contributed by atoms with Crippen LogP contribution in [-0.4, -0.2) is 37.5 Å². The van der Waals surface area contributed by atoms with Gasteiger partial charge < -0.3 is 9.88 Å². The molecular formula is C23H21N5O. The number of carbonyl (C=O) groups excluding carboxylic acids is 1. The number of hydrogen-bond donors (Lipinski definition) is 2. The van der Waals surface area contributed by atoms with Gasteiger partial charge in [-0.2, -0.15) is 5.10 Å². The molecule has 2 N–H and O–H groups in total. The summed E-state index contributed by atoms with van der Waals surface area (Å²) in [6, 6.07) is 14.0. The van der Waals surface area contributed by atoms with Gasteiger partial charge in [0, 0.05) is 40.6 Å². The molecule has 6 nitrogen and oxygen atoms in total. The summed E-state index contributed by atoms with van der Waals surface area (Å²) in [6.07, 6.45) is 5.60. The van der Waals surface area contributed by atoms with E-state index in [-0.39, 0.29) is 11.9 Å². The molecule has 1 atom stereocenters. The number of fused-ring (bicyclic) bond motifs is 4. The number of carbonyl (C=O) groups is 1. The Hall–Kier alpha value is -3.41. The molecule has 0 fully saturated rings. The van der Waals surface area contributed by atoms with E-state index in [1.807, 2.05) is 29.2 Å². The summed E-state index contributed by atoms with van der Waals surface area (Å²) in [5, 5.41) is 8.71. The van der Waals surface area contributed by atoms with Gasteiger partial charge in [-0.25, -0.2) is 0 Å². The van der Waals surface area contributed by atoms with Crippen LogP contribution in [0.4, 0.5) is 0 Å². The lowest BCUT2D eigenvalue weighted by atomic mass is 9.94. The van der Waals surface area contributed by atoms with Crippen LogP contribution in [0, 0.1) is 0 Å². The minimum absolute atomic E-state index is 0.00985. The fourth-order valence-electron chi connectivity index (χ4n) is 4.94. The predicted octanol–water partition coefficient (Wildman–Crippen LogP) is 3.56. The molecule has 4 aromatic rings. The van der Waals surface area contributed by atoms with E-state index in [0.717, 1.165) is 53.8 Å². The van der Waals surface area contributed by atoms with Gasteiger partial charge in [-0.15, -0.1) is 0 Å². The van der Waals surface area contributed by atoms with Crippen LogP contribution in [0.15, 0.2) is 48.7 Å². The zero-order valence-corrected chi connectivity index (χ0v) is 16.0. The number of pyridine rings is 1. The number of aryl methyl sites for hydroxylation is 1. The van der Waals surface area contributed by atoms with Crippen molar-refractivity contribution in [1.29, 1.82) is 0 Å². The molecule has 4 heterocycles. The van der Waals surface area contributed by atoms with Crippen LogP contribution in [0.3, 0.4) is 0 Å². The highest BCUT2D eigenvalue weighted by Gasteiger charge is 2.37. The fourth-order valence-corrected chi connectivity index (χ4v) is 4.94. The number of nitrogens with one attached hydrogen (secondary N) is 2. The largest absolute Gasteiger partial charge is 0.356 e. The number of para-hydroxylation sites is 1. The molecule has 1 aromatic carbocycles. The maximum atomic E-state index is 13.6. The van der Waals surface area contributed by atoms with Gasteiger partial charge in [-0.05, 0) is 49.4 Å². The first-order valence-corrected chi connectivity index (χ1v) is 10.2. The van der Waals surface area contributed by atoms with Crippen LogP contribution in [0.25, 0.3) is 10.9 Å². The predicted molar refractivity (Wildman–Crippen MR) is 110 cm³/mol. The van der Waals surface area contributed by atoms with E-state index >= 15 is 0 Å². The van der Waals surface area contributed by atoms with Gasteiger partial charge in [0.2, 0.25) is 0 Å². The van der Waals surface area contributed by atoms with E-state index < -0.39 is 0 Å². The summed E-state index contributed by atoms with van der Waals surface area (Å²) in [6.45, 7) is 0.649. The van der Waals surface area contributed by atoms with Crippen LogP contribution in [0.1, 0.15) is 51.2 Å². The highest BCUT2D eigenvalue weighted by molar-refractivity contribution is 5.95. The van der Waals surface area contributed by atoms with E-state index in [1.165, 1.54) is 10.9 Å². The Morgan fingerprint density at radius 3 is 2.83 bits per heavy atom. The third kappa shape index (κ3) is 2.45. The molecule has 6 rings (SSSR count). The van der Waals surface area contributed by atoms with Crippen molar-refractivity contribution >= 4 is 16.8 Å². The first kappa shape index (κ1) is 16.5. The molecule has 1 unspecified atom stereocenters. The second-order valence-electron chi connectivity index (χ2n) is 7.85. The van der Waals surface area contributed by atoms with E-state index in [0.29, 0.717) is 12.2 Å². The van der Waals surface area contributed by atoms with Crippen LogP contribution in [0.2, 0.25) is 0 Å². The maximum absolute atomic E-state index is 13.6. The number of aromatic amines is 2. The SMILES string of the molecule is O=C(c1n[nH]c2c1CCC2)N1CCc2c([nH]c3ccccc23)C1c1ccccn1. The molecule has 0 bridgehead atoms. The van der Waals surface area contributed by atoms with E-state index in [9.17, 15) is 4.79 Å². The third-order valence-corrected chi connectivity index (χ3v) is 6.27. The van der Waals surface area contributed by atoms with Gasteiger partial charge in [-0.1, -0.05) is 24.3 Å². The highest BCUT2D eigenvalue weighted by Crippen LogP contribution is 2.38. The Bertz CT molecular complexity index is 1220. The van der Waals surface area contributed by atoms with Crippen molar-refractivity contribution in [3.63, 3.8) is 0 Å². The summed E-state index contributed by atoms with van der Waals surface area (Å²) in [5.41, 5.74) is 7.12. The number of amides is 1. The van der Waals surface area contributed by atoms with Crippen molar-refractivity contribution in [3.8, 4) is 0 Å². The van der Waals surface area contributed by atoms with E-state index in [4.69, 9.17) is 0 Å². The Kier molecular flexibility index (Phi) is 3.59. The van der Waals surface area contributed by atoms with Crippen molar-refractivity contribution in [2.75, 3.05) is 6.54 Å². The number of rotatable bonds is 2. The second kappa shape index (κ2) is 6.30. The van der Waals surface area contributed by atoms with Crippen LogP contribution in [-0.2, 0) is 19.3 Å². The quantitative estimate of drug-likeness (QED) is 0.556. The molecule has 6 heteroatoms. The Balaban J connectivity index is 1.50. The van der Waals surface area contributed by atoms with Gasteiger partial charge >= 0.3 is 0 Å². The van der Waals surface area contributed by atoms with E-state index in [2.05, 4.69) is 38.4 Å². The average molecular weight is 383 g/mol. The summed E-state index contributed by atoms with van der Waals surface area (Å²) in [4.78, 5) is 23.8. The molecule has 2 aliphatic rings. The third-order valence-electron chi connectivity index (χ3n) is 6.27. The molecule has 144 valence electrons. The van der Waals surface area contributed by atoms with Gasteiger partial charge in [0.15, 0.2) is 5.69 Å². The average Bonchev–Trinajstić information content (AvgIpc) is 3.47. The lowest BCUT2D eigenvalue weighted by molar-refractivity contribution is 0.0681. The first-order chi connectivity index (χ1) is 14.3. The Labute approximate surface area is 168 Å². The van der Waals surface area contributed by atoms with Gasteiger partial charge in [-0.3, -0.25) is 14.9 Å². The Morgan fingerprint density at radius 2 is 1.93 bits per heavy atom. The van der Waals surface area contributed by atoms with Crippen molar-refractivity contribution in [3.05, 3.63) is 82.6 Å². The second-order valence-corrected chi connectivity index (χ2v) is 7.85. The standard InChI is InChI=1S/C23H21N5O/c29-23(21-16-7-5-10-18(16)26-27-21)28-13-11-15-14-6-1-2-8-17(14)25-20(15)22(28)19-9-3-4-12-24-19/h1-4,6,8-9,12,22,25H,5,7,10-11,13H2,(H,26,27). The zero-order valence-electron chi connectivity index (χ0n) is 16.0. The van der Waals surface area contributed by atoms with Crippen molar-refractivity contribution < 1.29 is 4.79 Å². The number of benzene rings is 1. The van der Waals surface area contributed by atoms with E-state index in [1.54, 1.807) is 6.20 Å². The molecule has 0 saturated carbocycles. The smallest absolute Gasteiger partial charge is 0.275 e. The normalized spacial score (nSPS) is 18.1. The number of hydrogen-bond acceptors (Lipinski definition) is 3. The molecule has 0 spiro atoms. The van der Waals surface area contributed by atoms with Crippen molar-refractivity contribution in [2.45, 2.75) is 31.7 Å². The molecule has 1 amide bonds. The monoisotopic (exact) mass is 383 g/mol. The zero-order chi connectivity index (χ0) is 19.4. The first-order valence-electron chi connectivity index (χ1n) is 10.2. The number of aromatic nitrogens is 4. The van der Waals surface area contributed by atoms with Crippen LogP contribution < -0.4 is 0 Å².